The predicted octanol–water partition coefficient (Wildman–Crippen LogP) is 7.04. The second-order valence-electron chi connectivity index (χ2n) is 7.55. The van der Waals surface area contributed by atoms with E-state index in [1.165, 1.54) is 77.0 Å². The fraction of sp³-hybridized carbons (Fsp3) is 0.909. The quantitative estimate of drug-likeness (QED) is 0.251. The molecule has 24 heavy (non-hydrogen) atoms. The second-order valence-corrected chi connectivity index (χ2v) is 7.55. The zero-order chi connectivity index (χ0) is 18.0. The molecule has 2 nitrogen and oxygen atoms in total. The Balaban J connectivity index is 3.98. The van der Waals surface area contributed by atoms with Gasteiger partial charge in [0.25, 0.3) is 0 Å². The van der Waals surface area contributed by atoms with E-state index in [9.17, 15) is 9.59 Å². The molecule has 0 radical (unpaired) electrons. The monoisotopic (exact) mass is 338 g/mol. The highest BCUT2D eigenvalue weighted by atomic mass is 16.1. The van der Waals surface area contributed by atoms with Gasteiger partial charge in [0.15, 0.2) is 0 Å². The van der Waals surface area contributed by atoms with Gasteiger partial charge in [-0.3, -0.25) is 4.79 Å². The number of hydrogen-bond donors (Lipinski definition) is 0. The molecule has 2 heteroatoms. The molecule has 0 amide bonds. The summed E-state index contributed by atoms with van der Waals surface area (Å²) in [6.07, 6.45) is 18.5. The minimum Gasteiger partial charge on any atom is -0.300 e. The zero-order valence-corrected chi connectivity index (χ0v) is 16.7. The molecule has 0 aliphatic carbocycles. The molecule has 0 spiro atoms. The predicted molar refractivity (Wildman–Crippen MR) is 104 cm³/mol. The van der Waals surface area contributed by atoms with E-state index < -0.39 is 0 Å². The van der Waals surface area contributed by atoms with Gasteiger partial charge in [0.1, 0.15) is 11.6 Å². The smallest absolute Gasteiger partial charge is 0.133 e. The maximum atomic E-state index is 11.9. The summed E-state index contributed by atoms with van der Waals surface area (Å²) >= 11 is 0. The van der Waals surface area contributed by atoms with Crippen LogP contribution in [0.25, 0.3) is 0 Å². The number of carbonyl (C=O) groups is 2. The summed E-state index contributed by atoms with van der Waals surface area (Å²) in [6.45, 7) is 6.08. The van der Waals surface area contributed by atoms with Crippen molar-refractivity contribution in [2.45, 2.75) is 124 Å². The largest absolute Gasteiger partial charge is 0.300 e. The van der Waals surface area contributed by atoms with Crippen LogP contribution in [-0.2, 0) is 9.59 Å². The summed E-state index contributed by atoms with van der Waals surface area (Å²) in [5, 5.41) is 0. The van der Waals surface area contributed by atoms with Gasteiger partial charge in [-0.1, -0.05) is 90.9 Å². The van der Waals surface area contributed by atoms with Crippen LogP contribution in [0.5, 0.6) is 0 Å². The maximum absolute atomic E-state index is 11.9. The van der Waals surface area contributed by atoms with Crippen molar-refractivity contribution in [3.8, 4) is 0 Å². The SMILES string of the molecule is CCCCCCCCC(CCCCCC)CCC(=O)CCC(C)=O. The third-order valence-corrected chi connectivity index (χ3v) is 5.02. The van der Waals surface area contributed by atoms with Crippen molar-refractivity contribution < 1.29 is 9.59 Å². The summed E-state index contributed by atoms with van der Waals surface area (Å²) in [4.78, 5) is 22.9. The molecule has 142 valence electrons. The molecule has 0 aliphatic rings. The fourth-order valence-corrected chi connectivity index (χ4v) is 3.31. The number of rotatable bonds is 18. The Labute approximate surface area is 151 Å². The molecule has 0 rings (SSSR count). The van der Waals surface area contributed by atoms with Gasteiger partial charge >= 0.3 is 0 Å². The van der Waals surface area contributed by atoms with Gasteiger partial charge in [-0.25, -0.2) is 0 Å². The molecule has 0 aromatic heterocycles. The van der Waals surface area contributed by atoms with Crippen LogP contribution in [0.4, 0.5) is 0 Å². The Morgan fingerprint density at radius 1 is 0.625 bits per heavy atom. The van der Waals surface area contributed by atoms with E-state index in [2.05, 4.69) is 13.8 Å². The highest BCUT2D eigenvalue weighted by molar-refractivity contribution is 5.84. The lowest BCUT2D eigenvalue weighted by Crippen LogP contribution is -2.07. The van der Waals surface area contributed by atoms with Crippen LogP contribution in [0.2, 0.25) is 0 Å². The Hall–Kier alpha value is -0.660. The molecule has 0 fully saturated rings. The summed E-state index contributed by atoms with van der Waals surface area (Å²) in [5.41, 5.74) is 0. The third-order valence-electron chi connectivity index (χ3n) is 5.02. The summed E-state index contributed by atoms with van der Waals surface area (Å²) < 4.78 is 0. The number of carbonyl (C=O) groups excluding carboxylic acids is 2. The molecular weight excluding hydrogens is 296 g/mol. The Bertz CT molecular complexity index is 309. The molecule has 0 bridgehead atoms. The molecule has 0 heterocycles. The second kappa shape index (κ2) is 17.2. The molecule has 0 aromatic rings. The van der Waals surface area contributed by atoms with Gasteiger partial charge in [-0.15, -0.1) is 0 Å². The summed E-state index contributed by atoms with van der Waals surface area (Å²) in [6, 6.07) is 0. The maximum Gasteiger partial charge on any atom is 0.133 e. The van der Waals surface area contributed by atoms with E-state index in [0.717, 1.165) is 6.42 Å². The van der Waals surface area contributed by atoms with E-state index in [1.807, 2.05) is 0 Å². The molecule has 1 atom stereocenters. The van der Waals surface area contributed by atoms with Crippen LogP contribution in [0.15, 0.2) is 0 Å². The van der Waals surface area contributed by atoms with Crippen LogP contribution in [0.1, 0.15) is 124 Å². The van der Waals surface area contributed by atoms with E-state index in [1.54, 1.807) is 6.92 Å². The van der Waals surface area contributed by atoms with Crippen molar-refractivity contribution in [1.82, 2.24) is 0 Å². The Morgan fingerprint density at radius 3 is 1.67 bits per heavy atom. The Kier molecular flexibility index (Phi) is 16.7. The molecule has 0 saturated heterocycles. The number of unbranched alkanes of at least 4 members (excludes halogenated alkanes) is 8. The van der Waals surface area contributed by atoms with Gasteiger partial charge in [0.05, 0.1) is 0 Å². The van der Waals surface area contributed by atoms with E-state index in [-0.39, 0.29) is 11.6 Å². The number of hydrogen-bond acceptors (Lipinski definition) is 2. The molecule has 0 aliphatic heterocycles. The van der Waals surface area contributed by atoms with Crippen molar-refractivity contribution in [3.63, 3.8) is 0 Å². The Morgan fingerprint density at radius 2 is 1.12 bits per heavy atom. The topological polar surface area (TPSA) is 34.1 Å². The zero-order valence-electron chi connectivity index (χ0n) is 16.7. The summed E-state index contributed by atoms with van der Waals surface area (Å²) in [7, 11) is 0. The lowest BCUT2D eigenvalue weighted by Gasteiger charge is -2.16. The first-order valence-electron chi connectivity index (χ1n) is 10.6. The van der Waals surface area contributed by atoms with Gasteiger partial charge in [0, 0.05) is 19.3 Å². The van der Waals surface area contributed by atoms with Crippen LogP contribution in [-0.4, -0.2) is 11.6 Å². The minimum absolute atomic E-state index is 0.131. The lowest BCUT2D eigenvalue weighted by molar-refractivity contribution is -0.123. The third kappa shape index (κ3) is 16.2. The van der Waals surface area contributed by atoms with Crippen molar-refractivity contribution >= 4 is 11.6 Å². The number of Topliss-reactive ketones (excluding diaryl/α,β-unsaturated/α-hetero) is 2. The van der Waals surface area contributed by atoms with Gasteiger partial charge in [0.2, 0.25) is 0 Å². The van der Waals surface area contributed by atoms with Crippen molar-refractivity contribution in [2.75, 3.05) is 0 Å². The normalized spacial score (nSPS) is 12.3. The molecule has 0 saturated carbocycles. The van der Waals surface area contributed by atoms with E-state index >= 15 is 0 Å². The standard InChI is InChI=1S/C22H42O2/c1-4-6-8-10-11-13-15-21(14-12-9-7-5-2)17-19-22(24)18-16-20(3)23/h21H,4-19H2,1-3H3. The first kappa shape index (κ1) is 23.3. The van der Waals surface area contributed by atoms with Crippen LogP contribution in [0.3, 0.4) is 0 Å². The van der Waals surface area contributed by atoms with Crippen molar-refractivity contribution in [3.05, 3.63) is 0 Å². The van der Waals surface area contributed by atoms with Gasteiger partial charge in [-0.2, -0.15) is 0 Å². The average molecular weight is 339 g/mol. The van der Waals surface area contributed by atoms with E-state index in [0.29, 0.717) is 25.2 Å². The van der Waals surface area contributed by atoms with Crippen molar-refractivity contribution in [1.29, 1.82) is 0 Å². The molecule has 0 aromatic carbocycles. The van der Waals surface area contributed by atoms with Crippen LogP contribution < -0.4 is 0 Å². The molecular formula is C22H42O2. The highest BCUT2D eigenvalue weighted by Gasteiger charge is 2.12. The molecule has 0 N–H and O–H groups in total. The van der Waals surface area contributed by atoms with Crippen LogP contribution >= 0.6 is 0 Å². The van der Waals surface area contributed by atoms with E-state index in [4.69, 9.17) is 0 Å². The number of ketones is 2. The highest BCUT2D eigenvalue weighted by Crippen LogP contribution is 2.23. The lowest BCUT2D eigenvalue weighted by atomic mass is 9.89. The molecule has 1 unspecified atom stereocenters. The van der Waals surface area contributed by atoms with Crippen LogP contribution in [0, 0.1) is 5.92 Å². The van der Waals surface area contributed by atoms with Crippen molar-refractivity contribution in [2.24, 2.45) is 5.92 Å². The summed E-state index contributed by atoms with van der Waals surface area (Å²) in [5.74, 6) is 1.13. The minimum atomic E-state index is 0.131. The fourth-order valence-electron chi connectivity index (χ4n) is 3.31. The first-order chi connectivity index (χ1) is 11.6. The van der Waals surface area contributed by atoms with Gasteiger partial charge < -0.3 is 4.79 Å². The van der Waals surface area contributed by atoms with Gasteiger partial charge in [-0.05, 0) is 19.3 Å². The average Bonchev–Trinajstić information content (AvgIpc) is 2.56. The first-order valence-corrected chi connectivity index (χ1v) is 10.6.